The van der Waals surface area contributed by atoms with E-state index in [-0.39, 0.29) is 12.3 Å². The molecule has 0 spiro atoms. The molecule has 2 aromatic carbocycles. The number of nitro benzene ring substituents is 1. The average molecular weight is 359 g/mol. The monoisotopic (exact) mass is 358 g/mol. The van der Waals surface area contributed by atoms with Gasteiger partial charge in [0.1, 0.15) is 12.3 Å². The summed E-state index contributed by atoms with van der Waals surface area (Å²) in [4.78, 5) is 22.1. The third-order valence-corrected chi connectivity index (χ3v) is 3.55. The summed E-state index contributed by atoms with van der Waals surface area (Å²) < 4.78 is 6.61. The molecule has 8 nitrogen and oxygen atoms in total. The Morgan fingerprint density at radius 2 is 1.84 bits per heavy atom. The van der Waals surface area contributed by atoms with Crippen LogP contribution in [0.15, 0.2) is 54.7 Å². The summed E-state index contributed by atoms with van der Waals surface area (Å²) in [7, 11) is 0. The Kier molecular flexibility index (Phi) is 4.71. The van der Waals surface area contributed by atoms with Crippen molar-refractivity contribution in [1.29, 1.82) is 0 Å². The SMILES string of the molecule is O=C(OCc1cn(-c2ccc([N+](=O)[O-])cc2)nn1)c1ccc(Cl)cc1. The lowest BCUT2D eigenvalue weighted by Gasteiger charge is -2.02. The maximum atomic E-state index is 11.9. The van der Waals surface area contributed by atoms with Gasteiger partial charge in [0.15, 0.2) is 0 Å². The van der Waals surface area contributed by atoms with Gasteiger partial charge in [0, 0.05) is 17.2 Å². The second-order valence-corrected chi connectivity index (χ2v) is 5.45. The maximum Gasteiger partial charge on any atom is 0.338 e. The number of nitrogens with zero attached hydrogens (tertiary/aromatic N) is 4. The predicted octanol–water partition coefficient (Wildman–Crippen LogP) is 3.19. The van der Waals surface area contributed by atoms with E-state index >= 15 is 0 Å². The molecule has 0 fully saturated rings. The number of non-ortho nitro benzene ring substituents is 1. The molecule has 9 heteroatoms. The normalized spacial score (nSPS) is 10.4. The van der Waals surface area contributed by atoms with Crippen molar-refractivity contribution in [2.75, 3.05) is 0 Å². The van der Waals surface area contributed by atoms with Crippen LogP contribution >= 0.6 is 11.6 Å². The van der Waals surface area contributed by atoms with Gasteiger partial charge in [-0.3, -0.25) is 10.1 Å². The lowest BCUT2D eigenvalue weighted by Crippen LogP contribution is -2.05. The standard InChI is InChI=1S/C16H11ClN4O4/c17-12-3-1-11(2-4-12)16(22)25-10-13-9-20(19-18-13)14-5-7-15(8-6-14)21(23)24/h1-9H,10H2. The molecule has 0 unspecified atom stereocenters. The Balaban J connectivity index is 1.64. The van der Waals surface area contributed by atoms with E-state index in [0.717, 1.165) is 0 Å². The topological polar surface area (TPSA) is 100 Å². The van der Waals surface area contributed by atoms with E-state index in [1.807, 2.05) is 0 Å². The molecule has 0 aliphatic heterocycles. The summed E-state index contributed by atoms with van der Waals surface area (Å²) in [5.41, 5.74) is 1.42. The molecule has 0 N–H and O–H groups in total. The Morgan fingerprint density at radius 1 is 1.16 bits per heavy atom. The van der Waals surface area contributed by atoms with Gasteiger partial charge in [0.2, 0.25) is 0 Å². The van der Waals surface area contributed by atoms with Crippen LogP contribution in [0.2, 0.25) is 5.02 Å². The molecule has 0 radical (unpaired) electrons. The van der Waals surface area contributed by atoms with Crippen molar-refractivity contribution in [3.05, 3.63) is 81.1 Å². The molecule has 0 atom stereocenters. The van der Waals surface area contributed by atoms with E-state index < -0.39 is 10.9 Å². The van der Waals surface area contributed by atoms with E-state index in [1.165, 1.54) is 16.8 Å². The Hall–Kier alpha value is -3.26. The molecule has 0 aliphatic rings. The minimum absolute atomic E-state index is 0.0130. The molecule has 126 valence electrons. The van der Waals surface area contributed by atoms with Crippen LogP contribution in [-0.2, 0) is 11.3 Å². The number of carbonyl (C=O) groups excluding carboxylic acids is 1. The number of halogens is 1. The fourth-order valence-corrected chi connectivity index (χ4v) is 2.15. The van der Waals surface area contributed by atoms with Crippen molar-refractivity contribution in [3.8, 4) is 5.69 Å². The number of ether oxygens (including phenoxy) is 1. The Labute approximate surface area is 146 Å². The zero-order chi connectivity index (χ0) is 17.8. The number of hydrogen-bond acceptors (Lipinski definition) is 6. The van der Waals surface area contributed by atoms with Crippen LogP contribution in [0.4, 0.5) is 5.69 Å². The summed E-state index contributed by atoms with van der Waals surface area (Å²) in [5.74, 6) is -0.499. The highest BCUT2D eigenvalue weighted by Crippen LogP contribution is 2.15. The van der Waals surface area contributed by atoms with Crippen molar-refractivity contribution in [2.45, 2.75) is 6.61 Å². The zero-order valence-corrected chi connectivity index (χ0v) is 13.5. The van der Waals surface area contributed by atoms with Gasteiger partial charge in [-0.05, 0) is 36.4 Å². The molecule has 25 heavy (non-hydrogen) atoms. The summed E-state index contributed by atoms with van der Waals surface area (Å²) in [5, 5.41) is 19.0. The lowest BCUT2D eigenvalue weighted by atomic mass is 10.2. The number of hydrogen-bond donors (Lipinski definition) is 0. The van der Waals surface area contributed by atoms with Gasteiger partial charge in [-0.15, -0.1) is 5.10 Å². The number of aromatic nitrogens is 3. The maximum absolute atomic E-state index is 11.9. The van der Waals surface area contributed by atoms with Gasteiger partial charge in [-0.1, -0.05) is 16.8 Å². The molecular weight excluding hydrogens is 348 g/mol. The van der Waals surface area contributed by atoms with E-state index in [2.05, 4.69) is 10.3 Å². The van der Waals surface area contributed by atoms with Crippen LogP contribution < -0.4 is 0 Å². The van der Waals surface area contributed by atoms with Crippen molar-refractivity contribution in [2.24, 2.45) is 0 Å². The molecular formula is C16H11ClN4O4. The second-order valence-electron chi connectivity index (χ2n) is 5.01. The second kappa shape index (κ2) is 7.10. The van der Waals surface area contributed by atoms with Gasteiger partial charge in [0.25, 0.3) is 5.69 Å². The summed E-state index contributed by atoms with van der Waals surface area (Å²) >= 11 is 5.77. The number of benzene rings is 2. The third kappa shape index (κ3) is 3.99. The molecule has 0 saturated heterocycles. The van der Waals surface area contributed by atoms with Gasteiger partial charge in [-0.2, -0.15) is 0 Å². The van der Waals surface area contributed by atoms with Crippen molar-refractivity contribution < 1.29 is 14.5 Å². The largest absolute Gasteiger partial charge is 0.455 e. The summed E-state index contributed by atoms with van der Waals surface area (Å²) in [6.45, 7) is -0.0472. The van der Waals surface area contributed by atoms with E-state index in [9.17, 15) is 14.9 Å². The zero-order valence-electron chi connectivity index (χ0n) is 12.7. The smallest absolute Gasteiger partial charge is 0.338 e. The van der Waals surface area contributed by atoms with Crippen LogP contribution in [-0.4, -0.2) is 25.9 Å². The quantitative estimate of drug-likeness (QED) is 0.394. The van der Waals surface area contributed by atoms with Crippen LogP contribution in [0.25, 0.3) is 5.69 Å². The van der Waals surface area contributed by atoms with Gasteiger partial charge < -0.3 is 4.74 Å². The molecule has 0 amide bonds. The van der Waals surface area contributed by atoms with Crippen LogP contribution in [0.3, 0.4) is 0 Å². The first-order valence-corrected chi connectivity index (χ1v) is 7.49. The first-order valence-electron chi connectivity index (χ1n) is 7.12. The molecule has 1 aromatic heterocycles. The van der Waals surface area contributed by atoms with Crippen molar-refractivity contribution in [1.82, 2.24) is 15.0 Å². The first-order chi connectivity index (χ1) is 12.0. The molecule has 0 aliphatic carbocycles. The number of nitro groups is 1. The fourth-order valence-electron chi connectivity index (χ4n) is 2.03. The van der Waals surface area contributed by atoms with E-state index in [4.69, 9.17) is 16.3 Å². The Morgan fingerprint density at radius 3 is 2.48 bits per heavy atom. The minimum Gasteiger partial charge on any atom is -0.455 e. The van der Waals surface area contributed by atoms with Gasteiger partial charge in [0.05, 0.1) is 22.4 Å². The van der Waals surface area contributed by atoms with Gasteiger partial charge >= 0.3 is 5.97 Å². The minimum atomic E-state index is -0.499. The Bertz CT molecular complexity index is 907. The predicted molar refractivity (Wildman–Crippen MR) is 88.6 cm³/mol. The summed E-state index contributed by atoms with van der Waals surface area (Å²) in [6, 6.07) is 12.2. The average Bonchev–Trinajstić information content (AvgIpc) is 3.09. The lowest BCUT2D eigenvalue weighted by molar-refractivity contribution is -0.384. The van der Waals surface area contributed by atoms with Crippen LogP contribution in [0.1, 0.15) is 16.1 Å². The van der Waals surface area contributed by atoms with E-state index in [1.54, 1.807) is 42.6 Å². The molecule has 3 aromatic rings. The van der Waals surface area contributed by atoms with E-state index in [0.29, 0.717) is 22.0 Å². The highest BCUT2D eigenvalue weighted by atomic mass is 35.5. The number of carbonyl (C=O) groups is 1. The molecule has 3 rings (SSSR count). The van der Waals surface area contributed by atoms with Crippen molar-refractivity contribution >= 4 is 23.3 Å². The summed E-state index contributed by atoms with van der Waals surface area (Å²) in [6.07, 6.45) is 1.58. The third-order valence-electron chi connectivity index (χ3n) is 3.30. The number of esters is 1. The highest BCUT2D eigenvalue weighted by Gasteiger charge is 2.10. The van der Waals surface area contributed by atoms with Crippen molar-refractivity contribution in [3.63, 3.8) is 0 Å². The molecule has 0 saturated carbocycles. The highest BCUT2D eigenvalue weighted by molar-refractivity contribution is 6.30. The molecule has 1 heterocycles. The van der Waals surface area contributed by atoms with Gasteiger partial charge in [-0.25, -0.2) is 9.48 Å². The molecule has 0 bridgehead atoms. The van der Waals surface area contributed by atoms with Crippen LogP contribution in [0, 0.1) is 10.1 Å². The number of rotatable bonds is 5. The van der Waals surface area contributed by atoms with Crippen LogP contribution in [0.5, 0.6) is 0 Å². The first kappa shape index (κ1) is 16.6. The fraction of sp³-hybridized carbons (Fsp3) is 0.0625.